The van der Waals surface area contributed by atoms with Crippen LogP contribution in [-0.2, 0) is 16.6 Å². The molecule has 7 heteroatoms. The van der Waals surface area contributed by atoms with Crippen LogP contribution in [0.1, 0.15) is 28.4 Å². The van der Waals surface area contributed by atoms with Crippen LogP contribution >= 0.6 is 0 Å². The number of quaternary nitrogens is 1. The van der Waals surface area contributed by atoms with Crippen molar-refractivity contribution in [2.45, 2.75) is 25.3 Å². The van der Waals surface area contributed by atoms with Gasteiger partial charge in [0, 0.05) is 11.1 Å². The minimum absolute atomic E-state index is 0.0762. The molecule has 1 heterocycles. The van der Waals surface area contributed by atoms with E-state index >= 15 is 0 Å². The van der Waals surface area contributed by atoms with Gasteiger partial charge < -0.3 is 9.64 Å². The van der Waals surface area contributed by atoms with Crippen LogP contribution < -0.4 is 9.64 Å². The Bertz CT molecular complexity index is 947. The number of hydrogen-bond donors (Lipinski definition) is 1. The van der Waals surface area contributed by atoms with E-state index in [0.29, 0.717) is 18.7 Å². The summed E-state index contributed by atoms with van der Waals surface area (Å²) in [7, 11) is -1.86. The number of nitrogens with zero attached hydrogens (tertiary/aromatic N) is 1. The van der Waals surface area contributed by atoms with E-state index in [0.717, 1.165) is 30.9 Å². The molecule has 0 saturated carbocycles. The number of aryl methyl sites for hydroxylation is 1. The molecule has 28 heavy (non-hydrogen) atoms. The summed E-state index contributed by atoms with van der Waals surface area (Å²) in [6.07, 6.45) is 0. The highest BCUT2D eigenvalue weighted by molar-refractivity contribution is 7.89. The molecule has 3 rings (SSSR count). The third kappa shape index (κ3) is 4.43. The van der Waals surface area contributed by atoms with E-state index in [1.165, 1.54) is 33.8 Å². The molecule has 1 aliphatic heterocycles. The lowest BCUT2D eigenvalue weighted by Crippen LogP contribution is -3.13. The zero-order valence-electron chi connectivity index (χ0n) is 16.6. The van der Waals surface area contributed by atoms with Crippen LogP contribution in [0, 0.1) is 6.92 Å². The molecule has 0 amide bonds. The summed E-state index contributed by atoms with van der Waals surface area (Å²) in [5.41, 5.74) is 2.85. The Morgan fingerprint density at radius 3 is 2.32 bits per heavy atom. The van der Waals surface area contributed by atoms with Gasteiger partial charge >= 0.3 is 0 Å². The summed E-state index contributed by atoms with van der Waals surface area (Å²) in [6.45, 7) is 6.76. The van der Waals surface area contributed by atoms with Crippen LogP contribution in [0.4, 0.5) is 0 Å². The second-order valence-corrected chi connectivity index (χ2v) is 9.16. The number of carbonyl (C=O) groups is 1. The number of carbonyl (C=O) groups excluding carboxylic acids is 1. The number of piperazine rings is 1. The third-order valence-corrected chi connectivity index (χ3v) is 7.12. The van der Waals surface area contributed by atoms with Gasteiger partial charge in [-0.05, 0) is 38.1 Å². The van der Waals surface area contributed by atoms with Crippen molar-refractivity contribution in [3.63, 3.8) is 0 Å². The molecular formula is C21H27N2O4S+. The smallest absolute Gasteiger partial charge is 0.243 e. The second-order valence-electron chi connectivity index (χ2n) is 7.23. The maximum absolute atomic E-state index is 12.9. The normalized spacial score (nSPS) is 16.1. The molecule has 0 atom stereocenters. The summed E-state index contributed by atoms with van der Waals surface area (Å²) in [5.74, 6) is 0.798. The van der Waals surface area contributed by atoms with Crippen molar-refractivity contribution in [3.05, 3.63) is 59.2 Å². The summed E-state index contributed by atoms with van der Waals surface area (Å²) in [4.78, 5) is 13.0. The Morgan fingerprint density at radius 1 is 1.11 bits per heavy atom. The van der Waals surface area contributed by atoms with E-state index in [1.807, 2.05) is 12.1 Å². The second kappa shape index (κ2) is 8.43. The monoisotopic (exact) mass is 403 g/mol. The van der Waals surface area contributed by atoms with E-state index in [1.54, 1.807) is 19.2 Å². The van der Waals surface area contributed by atoms with Gasteiger partial charge in [-0.15, -0.1) is 0 Å². The first-order valence-corrected chi connectivity index (χ1v) is 10.8. The zero-order valence-corrected chi connectivity index (χ0v) is 17.4. The number of ether oxygens (including phenoxy) is 1. The Hall–Kier alpha value is -2.22. The van der Waals surface area contributed by atoms with Crippen molar-refractivity contribution >= 4 is 15.8 Å². The predicted octanol–water partition coefficient (Wildman–Crippen LogP) is 1.30. The molecule has 6 nitrogen and oxygen atoms in total. The average molecular weight is 404 g/mol. The van der Waals surface area contributed by atoms with E-state index in [2.05, 4.69) is 13.0 Å². The van der Waals surface area contributed by atoms with E-state index in [-0.39, 0.29) is 10.7 Å². The molecule has 150 valence electrons. The van der Waals surface area contributed by atoms with Crippen LogP contribution in [0.25, 0.3) is 0 Å². The molecule has 1 aliphatic rings. The molecule has 2 aromatic rings. The van der Waals surface area contributed by atoms with E-state index in [9.17, 15) is 13.2 Å². The topological polar surface area (TPSA) is 68.1 Å². The minimum atomic E-state index is -3.54. The molecule has 0 unspecified atom stereocenters. The number of hydrogen-bond acceptors (Lipinski definition) is 4. The van der Waals surface area contributed by atoms with Crippen LogP contribution in [0.15, 0.2) is 47.4 Å². The Balaban J connectivity index is 1.66. The van der Waals surface area contributed by atoms with Gasteiger partial charge in [-0.3, -0.25) is 4.79 Å². The lowest BCUT2D eigenvalue weighted by molar-refractivity contribution is -0.917. The summed E-state index contributed by atoms with van der Waals surface area (Å²) < 4.78 is 32.8. The van der Waals surface area contributed by atoms with Gasteiger partial charge in [0.15, 0.2) is 5.78 Å². The van der Waals surface area contributed by atoms with Crippen molar-refractivity contribution in [2.75, 3.05) is 33.3 Å². The number of rotatable bonds is 6. The van der Waals surface area contributed by atoms with Crippen molar-refractivity contribution < 1.29 is 22.8 Å². The first-order chi connectivity index (χ1) is 13.3. The highest BCUT2D eigenvalue weighted by Gasteiger charge is 2.30. The molecule has 2 aromatic carbocycles. The first kappa shape index (κ1) is 20.5. The average Bonchev–Trinajstić information content (AvgIpc) is 2.68. The number of methoxy groups -OCH3 is 1. The summed E-state index contributed by atoms with van der Waals surface area (Å²) in [5, 5.41) is 0. The summed E-state index contributed by atoms with van der Waals surface area (Å²) >= 11 is 0. The minimum Gasteiger partial charge on any atom is -0.496 e. The van der Waals surface area contributed by atoms with Crippen molar-refractivity contribution in [1.82, 2.24) is 4.31 Å². The maximum Gasteiger partial charge on any atom is 0.243 e. The molecule has 1 fully saturated rings. The number of ketones is 1. The number of Topliss-reactive ketones (excluding diaryl/α,β-unsaturated/α-hetero) is 1. The molecule has 0 aromatic heterocycles. The third-order valence-electron chi connectivity index (χ3n) is 5.20. The van der Waals surface area contributed by atoms with E-state index < -0.39 is 10.0 Å². The molecule has 0 radical (unpaired) electrons. The fraction of sp³-hybridized carbons (Fsp3) is 0.381. The van der Waals surface area contributed by atoms with Crippen LogP contribution in [0.2, 0.25) is 0 Å². The lowest BCUT2D eigenvalue weighted by atomic mass is 10.1. The van der Waals surface area contributed by atoms with Gasteiger partial charge in [-0.2, -0.15) is 4.31 Å². The van der Waals surface area contributed by atoms with Gasteiger partial charge in [0.25, 0.3) is 0 Å². The molecule has 1 saturated heterocycles. The van der Waals surface area contributed by atoms with Crippen molar-refractivity contribution in [3.8, 4) is 5.75 Å². The molecule has 0 spiro atoms. The molecule has 1 N–H and O–H groups in total. The van der Waals surface area contributed by atoms with Gasteiger partial charge in [-0.1, -0.05) is 23.8 Å². The number of sulfonamides is 1. The lowest BCUT2D eigenvalue weighted by Gasteiger charge is -2.31. The van der Waals surface area contributed by atoms with Crippen molar-refractivity contribution in [2.24, 2.45) is 0 Å². The van der Waals surface area contributed by atoms with E-state index in [4.69, 9.17) is 4.74 Å². The Labute approximate surface area is 166 Å². The highest BCUT2D eigenvalue weighted by atomic mass is 32.2. The SMILES string of the molecule is COc1ccc(C)cc1C[NH+]1CCN(S(=O)(=O)c2ccc(C(C)=O)cc2)CC1. The number of nitrogens with one attached hydrogen (secondary N) is 1. The molecular weight excluding hydrogens is 376 g/mol. The fourth-order valence-corrected chi connectivity index (χ4v) is 4.99. The van der Waals surface area contributed by atoms with Crippen LogP contribution in [0.3, 0.4) is 0 Å². The van der Waals surface area contributed by atoms with Gasteiger partial charge in [-0.25, -0.2) is 8.42 Å². The quantitative estimate of drug-likeness (QED) is 0.739. The van der Waals surface area contributed by atoms with Crippen molar-refractivity contribution in [1.29, 1.82) is 0 Å². The Kier molecular flexibility index (Phi) is 6.17. The number of benzene rings is 2. The first-order valence-electron chi connectivity index (χ1n) is 9.39. The zero-order chi connectivity index (χ0) is 20.3. The molecule has 0 aliphatic carbocycles. The fourth-order valence-electron chi connectivity index (χ4n) is 3.55. The van der Waals surface area contributed by atoms with Gasteiger partial charge in [0.05, 0.1) is 38.2 Å². The van der Waals surface area contributed by atoms with Gasteiger partial charge in [0.1, 0.15) is 12.3 Å². The van der Waals surface area contributed by atoms with Gasteiger partial charge in [0.2, 0.25) is 10.0 Å². The van der Waals surface area contributed by atoms with Crippen LogP contribution in [-0.4, -0.2) is 51.8 Å². The Morgan fingerprint density at radius 2 is 1.75 bits per heavy atom. The predicted molar refractivity (Wildman–Crippen MR) is 107 cm³/mol. The largest absolute Gasteiger partial charge is 0.496 e. The standard InChI is InChI=1S/C21H26N2O4S/c1-16-4-9-21(27-3)19(14-16)15-22-10-12-23(13-11-22)28(25,26)20-7-5-18(6-8-20)17(2)24/h4-9,14H,10-13,15H2,1-3H3/p+1. The maximum atomic E-state index is 12.9. The van der Waals surface area contributed by atoms with Crippen LogP contribution in [0.5, 0.6) is 5.75 Å². The summed E-state index contributed by atoms with van der Waals surface area (Å²) in [6, 6.07) is 12.3. The molecule has 0 bridgehead atoms. The highest BCUT2D eigenvalue weighted by Crippen LogP contribution is 2.19.